The van der Waals surface area contributed by atoms with E-state index in [1.165, 1.54) is 0 Å². The molecule has 0 aliphatic carbocycles. The summed E-state index contributed by atoms with van der Waals surface area (Å²) in [5, 5.41) is 0. The summed E-state index contributed by atoms with van der Waals surface area (Å²) in [7, 11) is 0. The van der Waals surface area contributed by atoms with E-state index in [4.69, 9.17) is 0 Å². The van der Waals surface area contributed by atoms with E-state index in [2.05, 4.69) is 0 Å². The van der Waals surface area contributed by atoms with Crippen LogP contribution in [0.1, 0.15) is 20.3 Å². The van der Waals surface area contributed by atoms with Gasteiger partial charge in [0.1, 0.15) is 0 Å². The van der Waals surface area contributed by atoms with E-state index in [0.717, 1.165) is 6.92 Å². The fourth-order valence-corrected chi connectivity index (χ4v) is 1.29. The van der Waals surface area contributed by atoms with Gasteiger partial charge in [0.2, 0.25) is 0 Å². The molecule has 0 fully saturated rings. The Labute approximate surface area is 87.0 Å². The standard InChI is InChI=1S/C7H10F5I/c1-3-5(13)4(2)6(8,9)7(10,11)12/h4-5H,3H2,1-2H3. The van der Waals surface area contributed by atoms with Crippen LogP contribution in [0.5, 0.6) is 0 Å². The predicted octanol–water partition coefficient (Wildman–Crippen LogP) is 4.03. The first-order valence-electron chi connectivity index (χ1n) is 3.73. The Morgan fingerprint density at radius 1 is 1.15 bits per heavy atom. The maximum absolute atomic E-state index is 12.6. The largest absolute Gasteiger partial charge is 0.453 e. The molecular formula is C7H10F5I. The molecule has 0 aromatic rings. The van der Waals surface area contributed by atoms with Gasteiger partial charge in [0.15, 0.2) is 0 Å². The van der Waals surface area contributed by atoms with Crippen LogP contribution in [-0.4, -0.2) is 16.0 Å². The second-order valence-corrected chi connectivity index (χ2v) is 4.43. The van der Waals surface area contributed by atoms with Crippen molar-refractivity contribution in [2.75, 3.05) is 0 Å². The summed E-state index contributed by atoms with van der Waals surface area (Å²) in [4.78, 5) is 0. The van der Waals surface area contributed by atoms with Crippen molar-refractivity contribution in [1.29, 1.82) is 0 Å². The molecule has 0 radical (unpaired) electrons. The van der Waals surface area contributed by atoms with Crippen LogP contribution in [-0.2, 0) is 0 Å². The van der Waals surface area contributed by atoms with Gasteiger partial charge in [0.05, 0.1) is 0 Å². The lowest BCUT2D eigenvalue weighted by molar-refractivity contribution is -0.300. The zero-order valence-corrected chi connectivity index (χ0v) is 9.29. The maximum atomic E-state index is 12.6. The zero-order chi connectivity index (χ0) is 10.9. The third-order valence-corrected chi connectivity index (χ3v) is 3.84. The fourth-order valence-electron chi connectivity index (χ4n) is 0.839. The van der Waals surface area contributed by atoms with Crippen LogP contribution >= 0.6 is 22.6 Å². The Morgan fingerprint density at radius 3 is 1.77 bits per heavy atom. The SMILES string of the molecule is CCC(I)C(C)C(F)(F)C(F)(F)F. The minimum atomic E-state index is -5.44. The van der Waals surface area contributed by atoms with E-state index in [1.54, 1.807) is 29.5 Å². The molecular weight excluding hydrogens is 306 g/mol. The summed E-state index contributed by atoms with van der Waals surface area (Å²) in [6.07, 6.45) is -5.14. The Morgan fingerprint density at radius 2 is 1.54 bits per heavy atom. The highest BCUT2D eigenvalue weighted by Crippen LogP contribution is 2.44. The monoisotopic (exact) mass is 316 g/mol. The minimum absolute atomic E-state index is 0.299. The van der Waals surface area contributed by atoms with Crippen LogP contribution in [0, 0.1) is 5.92 Å². The minimum Gasteiger partial charge on any atom is -0.196 e. The van der Waals surface area contributed by atoms with Gasteiger partial charge in [-0.15, -0.1) is 0 Å². The van der Waals surface area contributed by atoms with Crippen LogP contribution in [0.25, 0.3) is 0 Å². The van der Waals surface area contributed by atoms with Crippen LogP contribution in [0.3, 0.4) is 0 Å². The topological polar surface area (TPSA) is 0 Å². The van der Waals surface area contributed by atoms with Crippen molar-refractivity contribution >= 4 is 22.6 Å². The molecule has 0 rings (SSSR count). The molecule has 13 heavy (non-hydrogen) atoms. The molecule has 0 amide bonds. The highest BCUT2D eigenvalue weighted by Gasteiger charge is 2.61. The second-order valence-electron chi connectivity index (χ2n) is 2.83. The summed E-state index contributed by atoms with van der Waals surface area (Å²) in [5.41, 5.74) is 0. The fraction of sp³-hybridized carbons (Fsp3) is 1.00. The molecule has 0 heterocycles. The predicted molar refractivity (Wildman–Crippen MR) is 48.3 cm³/mol. The second kappa shape index (κ2) is 4.27. The van der Waals surface area contributed by atoms with Gasteiger partial charge in [-0.3, -0.25) is 0 Å². The normalized spacial score (nSPS) is 18.5. The van der Waals surface area contributed by atoms with E-state index in [-0.39, 0.29) is 0 Å². The molecule has 2 atom stereocenters. The molecule has 0 bridgehead atoms. The lowest BCUT2D eigenvalue weighted by Gasteiger charge is -2.28. The summed E-state index contributed by atoms with van der Waals surface area (Å²) in [6, 6.07) is 0. The maximum Gasteiger partial charge on any atom is 0.453 e. The third kappa shape index (κ3) is 2.92. The Kier molecular flexibility index (Phi) is 4.39. The highest BCUT2D eigenvalue weighted by molar-refractivity contribution is 14.1. The van der Waals surface area contributed by atoms with Crippen LogP contribution < -0.4 is 0 Å². The van der Waals surface area contributed by atoms with Gasteiger partial charge in [-0.1, -0.05) is 36.4 Å². The summed E-state index contributed by atoms with van der Waals surface area (Å²) in [5.74, 6) is -6.27. The Balaban J connectivity index is 4.63. The van der Waals surface area contributed by atoms with Crippen molar-refractivity contribution in [1.82, 2.24) is 0 Å². The number of halogens is 6. The van der Waals surface area contributed by atoms with E-state index in [0.29, 0.717) is 6.42 Å². The smallest absolute Gasteiger partial charge is 0.196 e. The van der Waals surface area contributed by atoms with Gasteiger partial charge in [-0.25, -0.2) is 0 Å². The summed E-state index contributed by atoms with van der Waals surface area (Å²) < 4.78 is 60.1. The molecule has 0 N–H and O–H groups in total. The summed E-state index contributed by atoms with van der Waals surface area (Å²) >= 11 is 1.62. The average molecular weight is 316 g/mol. The van der Waals surface area contributed by atoms with Gasteiger partial charge in [-0.05, 0) is 6.42 Å². The van der Waals surface area contributed by atoms with Crippen LogP contribution in [0.4, 0.5) is 22.0 Å². The number of alkyl halides is 6. The molecule has 0 spiro atoms. The van der Waals surface area contributed by atoms with Crippen molar-refractivity contribution in [2.45, 2.75) is 36.3 Å². The molecule has 80 valence electrons. The highest BCUT2D eigenvalue weighted by atomic mass is 127. The molecule has 0 aliphatic rings. The van der Waals surface area contributed by atoms with E-state index >= 15 is 0 Å². The summed E-state index contributed by atoms with van der Waals surface area (Å²) in [6.45, 7) is 2.51. The molecule has 0 saturated carbocycles. The van der Waals surface area contributed by atoms with Crippen molar-refractivity contribution in [3.8, 4) is 0 Å². The quantitative estimate of drug-likeness (QED) is 0.419. The van der Waals surface area contributed by atoms with Gasteiger partial charge < -0.3 is 0 Å². The molecule has 0 saturated heterocycles. The van der Waals surface area contributed by atoms with Gasteiger partial charge >= 0.3 is 12.1 Å². The van der Waals surface area contributed by atoms with Gasteiger partial charge in [0, 0.05) is 9.84 Å². The van der Waals surface area contributed by atoms with Crippen LogP contribution in [0.2, 0.25) is 0 Å². The number of hydrogen-bond acceptors (Lipinski definition) is 0. The van der Waals surface area contributed by atoms with Gasteiger partial charge in [0.25, 0.3) is 0 Å². The third-order valence-electron chi connectivity index (χ3n) is 1.88. The molecule has 0 aromatic heterocycles. The van der Waals surface area contributed by atoms with Crippen molar-refractivity contribution in [3.63, 3.8) is 0 Å². The van der Waals surface area contributed by atoms with Crippen molar-refractivity contribution in [2.24, 2.45) is 5.92 Å². The Hall–Kier alpha value is 0.380. The number of rotatable bonds is 3. The first-order chi connectivity index (χ1) is 5.64. The molecule has 2 unspecified atom stereocenters. The molecule has 0 aromatic carbocycles. The first-order valence-corrected chi connectivity index (χ1v) is 4.97. The van der Waals surface area contributed by atoms with E-state index in [9.17, 15) is 22.0 Å². The van der Waals surface area contributed by atoms with Crippen LogP contribution in [0.15, 0.2) is 0 Å². The molecule has 0 nitrogen and oxygen atoms in total. The molecule has 6 heteroatoms. The number of hydrogen-bond donors (Lipinski definition) is 0. The molecule has 0 aliphatic heterocycles. The lowest BCUT2D eigenvalue weighted by atomic mass is 9.98. The average Bonchev–Trinajstić information content (AvgIpc) is 1.99. The van der Waals surface area contributed by atoms with E-state index < -0.39 is 21.9 Å². The van der Waals surface area contributed by atoms with Crippen molar-refractivity contribution < 1.29 is 22.0 Å². The van der Waals surface area contributed by atoms with E-state index in [1.807, 2.05) is 0 Å². The lowest BCUT2D eigenvalue weighted by Crippen LogP contribution is -2.45. The first kappa shape index (κ1) is 13.4. The Bertz CT molecular complexity index is 165. The van der Waals surface area contributed by atoms with Gasteiger partial charge in [-0.2, -0.15) is 22.0 Å². The zero-order valence-electron chi connectivity index (χ0n) is 7.13. The van der Waals surface area contributed by atoms with Crippen molar-refractivity contribution in [3.05, 3.63) is 0 Å².